The highest BCUT2D eigenvalue weighted by Gasteiger charge is 2.40. The van der Waals surface area contributed by atoms with Gasteiger partial charge in [-0.05, 0) is 36.2 Å². The first-order chi connectivity index (χ1) is 15.4. The molecule has 2 aromatic carbocycles. The van der Waals surface area contributed by atoms with Crippen LogP contribution in [0.3, 0.4) is 0 Å². The zero-order valence-corrected chi connectivity index (χ0v) is 17.9. The van der Waals surface area contributed by atoms with Gasteiger partial charge in [-0.2, -0.15) is 0 Å². The zero-order valence-electron chi connectivity index (χ0n) is 17.9. The predicted molar refractivity (Wildman–Crippen MR) is 118 cm³/mol. The summed E-state index contributed by atoms with van der Waals surface area (Å²) in [6.07, 6.45) is -0.000994. The highest BCUT2D eigenvalue weighted by atomic mass is 16.3. The van der Waals surface area contributed by atoms with Crippen LogP contribution in [-0.4, -0.2) is 58.4 Å². The van der Waals surface area contributed by atoms with Gasteiger partial charge in [-0.25, -0.2) is 0 Å². The Kier molecular flexibility index (Phi) is 5.19. The number of fused-ring (bicyclic) bond motifs is 2. The summed E-state index contributed by atoms with van der Waals surface area (Å²) in [6, 6.07) is 12.9. The van der Waals surface area contributed by atoms with Crippen molar-refractivity contribution in [2.75, 3.05) is 18.9 Å². The maximum atomic E-state index is 13.3. The molecule has 3 atom stereocenters. The smallest absolute Gasteiger partial charge is 0.255 e. The summed E-state index contributed by atoms with van der Waals surface area (Å²) in [7, 11) is 1.95. The Hall–Kier alpha value is -3.23. The molecular formula is C24H26N4O4. The maximum absolute atomic E-state index is 13.3. The van der Waals surface area contributed by atoms with Gasteiger partial charge in [-0.15, -0.1) is 0 Å². The molecule has 0 bridgehead atoms. The number of nitrogens with one attached hydrogen (secondary N) is 2. The summed E-state index contributed by atoms with van der Waals surface area (Å²) in [4.78, 5) is 40.8. The number of piperidine rings is 1. The van der Waals surface area contributed by atoms with Crippen LogP contribution in [0.15, 0.2) is 42.5 Å². The lowest BCUT2D eigenvalue weighted by Crippen LogP contribution is -2.52. The van der Waals surface area contributed by atoms with Crippen LogP contribution in [0.25, 0.3) is 0 Å². The fourth-order valence-corrected chi connectivity index (χ4v) is 5.17. The molecule has 166 valence electrons. The van der Waals surface area contributed by atoms with Crippen LogP contribution in [0.5, 0.6) is 0 Å². The normalized spacial score (nSPS) is 24.8. The quantitative estimate of drug-likeness (QED) is 0.629. The summed E-state index contributed by atoms with van der Waals surface area (Å²) in [6.45, 7) is 1.30. The topological polar surface area (TPSA) is 102 Å². The Balaban J connectivity index is 1.40. The molecular weight excluding hydrogens is 408 g/mol. The largest absolute Gasteiger partial charge is 0.389 e. The van der Waals surface area contributed by atoms with E-state index < -0.39 is 18.1 Å². The van der Waals surface area contributed by atoms with E-state index in [2.05, 4.69) is 15.5 Å². The van der Waals surface area contributed by atoms with Crippen LogP contribution in [-0.2, 0) is 22.7 Å². The van der Waals surface area contributed by atoms with E-state index in [1.54, 1.807) is 4.90 Å². The number of likely N-dealkylation sites (N-methyl/N-ethyl adjacent to an activating group) is 1. The number of amides is 3. The van der Waals surface area contributed by atoms with E-state index in [1.165, 1.54) is 0 Å². The number of carbonyl (C=O) groups is 3. The number of anilines is 1. The summed E-state index contributed by atoms with van der Waals surface area (Å²) in [5.41, 5.74) is 4.41. The van der Waals surface area contributed by atoms with E-state index in [-0.39, 0.29) is 24.3 Å². The van der Waals surface area contributed by atoms with Crippen LogP contribution >= 0.6 is 0 Å². The van der Waals surface area contributed by atoms with Gasteiger partial charge in [0.2, 0.25) is 11.8 Å². The third-order valence-corrected chi connectivity index (χ3v) is 6.68. The van der Waals surface area contributed by atoms with Crippen molar-refractivity contribution in [2.45, 2.75) is 44.1 Å². The molecule has 3 N–H and O–H groups in total. The second kappa shape index (κ2) is 8.03. The molecule has 2 aromatic rings. The van der Waals surface area contributed by atoms with Crippen molar-refractivity contribution in [2.24, 2.45) is 0 Å². The molecule has 3 aliphatic rings. The van der Waals surface area contributed by atoms with E-state index in [4.69, 9.17) is 0 Å². The number of aliphatic hydroxyl groups excluding tert-OH is 1. The fourth-order valence-electron chi connectivity index (χ4n) is 5.17. The number of para-hydroxylation sites is 1. The van der Waals surface area contributed by atoms with Gasteiger partial charge in [0.05, 0.1) is 12.1 Å². The molecule has 3 aliphatic heterocycles. The van der Waals surface area contributed by atoms with E-state index >= 15 is 0 Å². The number of hydrogen-bond acceptors (Lipinski definition) is 6. The summed E-state index contributed by atoms with van der Waals surface area (Å²) >= 11 is 0. The molecule has 0 aliphatic carbocycles. The van der Waals surface area contributed by atoms with Crippen LogP contribution in [0, 0.1) is 0 Å². The van der Waals surface area contributed by atoms with Gasteiger partial charge < -0.3 is 15.3 Å². The van der Waals surface area contributed by atoms with E-state index in [9.17, 15) is 19.5 Å². The molecule has 32 heavy (non-hydrogen) atoms. The molecule has 0 aromatic heterocycles. The van der Waals surface area contributed by atoms with E-state index in [0.29, 0.717) is 31.6 Å². The first-order valence-electron chi connectivity index (χ1n) is 10.9. The molecule has 0 radical (unpaired) electrons. The van der Waals surface area contributed by atoms with Gasteiger partial charge in [-0.1, -0.05) is 36.4 Å². The molecule has 1 unspecified atom stereocenters. The third kappa shape index (κ3) is 3.45. The number of nitrogens with zero attached hydrogens (tertiary/aromatic N) is 2. The van der Waals surface area contributed by atoms with Crippen molar-refractivity contribution in [3.8, 4) is 0 Å². The van der Waals surface area contributed by atoms with Gasteiger partial charge in [0, 0.05) is 37.3 Å². The number of aliphatic hydroxyl groups is 1. The van der Waals surface area contributed by atoms with E-state index in [0.717, 1.165) is 22.4 Å². The van der Waals surface area contributed by atoms with Crippen molar-refractivity contribution in [3.63, 3.8) is 0 Å². The molecule has 5 rings (SSSR count). The first kappa shape index (κ1) is 20.7. The lowest BCUT2D eigenvalue weighted by Gasteiger charge is -2.37. The number of hydrogen-bond donors (Lipinski definition) is 3. The number of rotatable bonds is 4. The van der Waals surface area contributed by atoms with Crippen LogP contribution in [0.1, 0.15) is 45.9 Å². The SMILES string of the molecule is CN(Cc1cccc2c1C(=O)N(C1CCC(=O)NC1=O)C2)[C@H]1c2ccccc2NC[C@@H]1O. The Morgan fingerprint density at radius 1 is 1.12 bits per heavy atom. The van der Waals surface area contributed by atoms with Crippen molar-refractivity contribution in [3.05, 3.63) is 64.7 Å². The Bertz CT molecular complexity index is 1100. The van der Waals surface area contributed by atoms with Crippen LogP contribution in [0.2, 0.25) is 0 Å². The number of carbonyl (C=O) groups excluding carboxylic acids is 3. The predicted octanol–water partition coefficient (Wildman–Crippen LogP) is 1.41. The molecule has 1 saturated heterocycles. The van der Waals surface area contributed by atoms with Crippen molar-refractivity contribution in [1.82, 2.24) is 15.1 Å². The van der Waals surface area contributed by atoms with Gasteiger partial charge in [0.25, 0.3) is 5.91 Å². The number of β-amino-alcohol motifs (C(OH)–C–C–N with tert-alkyl or cyclic N) is 1. The van der Waals surface area contributed by atoms with Crippen molar-refractivity contribution < 1.29 is 19.5 Å². The van der Waals surface area contributed by atoms with E-state index in [1.807, 2.05) is 49.5 Å². The average molecular weight is 434 g/mol. The second-order valence-corrected chi connectivity index (χ2v) is 8.75. The first-order valence-corrected chi connectivity index (χ1v) is 10.9. The molecule has 8 nitrogen and oxygen atoms in total. The van der Waals surface area contributed by atoms with Crippen molar-refractivity contribution in [1.29, 1.82) is 0 Å². The minimum Gasteiger partial charge on any atom is -0.389 e. The van der Waals surface area contributed by atoms with Gasteiger partial charge in [-0.3, -0.25) is 24.6 Å². The summed E-state index contributed by atoms with van der Waals surface area (Å²) in [5, 5.41) is 16.3. The monoisotopic (exact) mass is 434 g/mol. The molecule has 3 heterocycles. The summed E-state index contributed by atoms with van der Waals surface area (Å²) in [5.74, 6) is -0.876. The maximum Gasteiger partial charge on any atom is 0.255 e. The number of imide groups is 1. The molecule has 0 saturated carbocycles. The average Bonchev–Trinajstić information content (AvgIpc) is 3.10. The molecule has 1 fully saturated rings. The van der Waals surface area contributed by atoms with Crippen molar-refractivity contribution >= 4 is 23.4 Å². The minimum atomic E-state index is -0.628. The van der Waals surface area contributed by atoms with Crippen LogP contribution in [0.4, 0.5) is 5.69 Å². The highest BCUT2D eigenvalue weighted by molar-refractivity contribution is 6.06. The zero-order chi connectivity index (χ0) is 22.4. The summed E-state index contributed by atoms with van der Waals surface area (Å²) < 4.78 is 0. The van der Waals surface area contributed by atoms with Gasteiger partial charge in [0.15, 0.2) is 0 Å². The lowest BCUT2D eigenvalue weighted by molar-refractivity contribution is -0.136. The molecule has 0 spiro atoms. The lowest BCUT2D eigenvalue weighted by atomic mass is 9.93. The van der Waals surface area contributed by atoms with Gasteiger partial charge >= 0.3 is 0 Å². The Morgan fingerprint density at radius 2 is 1.94 bits per heavy atom. The third-order valence-electron chi connectivity index (χ3n) is 6.68. The molecule has 8 heteroatoms. The second-order valence-electron chi connectivity index (χ2n) is 8.75. The fraction of sp³-hybridized carbons (Fsp3) is 0.375. The Morgan fingerprint density at radius 3 is 2.75 bits per heavy atom. The minimum absolute atomic E-state index is 0.176. The van der Waals surface area contributed by atoms with Crippen LogP contribution < -0.4 is 10.6 Å². The van der Waals surface area contributed by atoms with Gasteiger partial charge in [0.1, 0.15) is 6.04 Å². The Labute approximate surface area is 186 Å². The highest BCUT2D eigenvalue weighted by Crippen LogP contribution is 2.36. The molecule has 3 amide bonds. The number of benzene rings is 2. The standard InChI is InChI=1S/C24H26N4O4/c1-27(22-16-7-2-3-8-17(16)25-11-19(22)29)12-14-5-4-6-15-13-28(24(32)21(14)15)18-9-10-20(30)26-23(18)31/h2-8,18-19,22,25,29H,9-13H2,1H3,(H,26,30,31)/t18?,19-,22-/m0/s1.